The third-order valence-corrected chi connectivity index (χ3v) is 1.82. The maximum absolute atomic E-state index is 10.5. The molecule has 1 rings (SSSR count). The van der Waals surface area contributed by atoms with Crippen molar-refractivity contribution in [2.45, 2.75) is 0 Å². The fourth-order valence-electron chi connectivity index (χ4n) is 1.04. The minimum absolute atomic E-state index is 0.0531. The maximum Gasteiger partial charge on any atom is 0.274 e. The number of nitro groups is 1. The van der Waals surface area contributed by atoms with Crippen LogP contribution in [0.25, 0.3) is 0 Å². The van der Waals surface area contributed by atoms with Gasteiger partial charge in [-0.2, -0.15) is 0 Å². The molecule has 82 valence electrons. The summed E-state index contributed by atoms with van der Waals surface area (Å²) in [5.41, 5.74) is 0.0531. The van der Waals surface area contributed by atoms with Gasteiger partial charge in [0.2, 0.25) is 0 Å². The van der Waals surface area contributed by atoms with Crippen molar-refractivity contribution in [1.29, 1.82) is 0 Å². The number of nitrogens with one attached hydrogen (secondary N) is 1. The Morgan fingerprint density at radius 3 is 2.93 bits per heavy atom. The van der Waals surface area contributed by atoms with Gasteiger partial charge in [-0.05, 0) is 14.1 Å². The normalized spacial score (nSPS) is 10.3. The molecule has 0 fully saturated rings. The summed E-state index contributed by atoms with van der Waals surface area (Å²) in [6.45, 7) is 1.56. The predicted octanol–water partition coefficient (Wildman–Crippen LogP) is 0.963. The first-order valence-corrected chi connectivity index (χ1v) is 4.58. The monoisotopic (exact) mass is 210 g/mol. The van der Waals surface area contributed by atoms with Gasteiger partial charge >= 0.3 is 0 Å². The molecule has 6 nitrogen and oxygen atoms in total. The molecule has 1 aromatic heterocycles. The van der Waals surface area contributed by atoms with Crippen LogP contribution in [-0.2, 0) is 0 Å². The summed E-state index contributed by atoms with van der Waals surface area (Å²) in [5, 5.41) is 13.5. The van der Waals surface area contributed by atoms with Crippen LogP contribution in [0.1, 0.15) is 0 Å². The molecule has 0 bridgehead atoms. The van der Waals surface area contributed by atoms with E-state index in [-0.39, 0.29) is 5.69 Å². The number of pyridine rings is 1. The largest absolute Gasteiger partial charge is 0.369 e. The van der Waals surface area contributed by atoms with Gasteiger partial charge in [0, 0.05) is 25.4 Å². The van der Waals surface area contributed by atoms with Gasteiger partial charge in [-0.25, -0.2) is 4.98 Å². The first kappa shape index (κ1) is 11.4. The van der Waals surface area contributed by atoms with E-state index in [0.717, 1.165) is 6.54 Å². The molecule has 0 radical (unpaired) electrons. The molecule has 1 aromatic rings. The Bertz CT molecular complexity index is 341. The summed E-state index contributed by atoms with van der Waals surface area (Å²) in [5.74, 6) is 0.533. The lowest BCUT2D eigenvalue weighted by molar-refractivity contribution is -0.384. The van der Waals surface area contributed by atoms with Crippen LogP contribution in [0, 0.1) is 10.1 Å². The lowest BCUT2D eigenvalue weighted by Gasteiger charge is -2.10. The molecule has 0 aliphatic rings. The number of hydrogen-bond acceptors (Lipinski definition) is 5. The van der Waals surface area contributed by atoms with E-state index in [1.165, 1.54) is 18.3 Å². The molecule has 15 heavy (non-hydrogen) atoms. The van der Waals surface area contributed by atoms with E-state index in [0.29, 0.717) is 12.4 Å². The smallest absolute Gasteiger partial charge is 0.274 e. The van der Waals surface area contributed by atoms with Crippen LogP contribution in [0.15, 0.2) is 18.3 Å². The number of nitrogens with zero attached hydrogens (tertiary/aromatic N) is 3. The molecular formula is C9H14N4O2. The Labute approximate surface area is 88.1 Å². The van der Waals surface area contributed by atoms with Gasteiger partial charge in [0.1, 0.15) is 5.82 Å². The van der Waals surface area contributed by atoms with Crippen LogP contribution in [-0.4, -0.2) is 42.0 Å². The Kier molecular flexibility index (Phi) is 3.99. The van der Waals surface area contributed by atoms with Crippen molar-refractivity contribution in [2.24, 2.45) is 0 Å². The third-order valence-electron chi connectivity index (χ3n) is 1.82. The van der Waals surface area contributed by atoms with Crippen molar-refractivity contribution in [1.82, 2.24) is 9.88 Å². The molecule has 1 heterocycles. The fourth-order valence-corrected chi connectivity index (χ4v) is 1.04. The van der Waals surface area contributed by atoms with Crippen LogP contribution in [0.5, 0.6) is 0 Å². The Morgan fingerprint density at radius 2 is 2.33 bits per heavy atom. The van der Waals surface area contributed by atoms with Gasteiger partial charge in [0.15, 0.2) is 0 Å². The van der Waals surface area contributed by atoms with Gasteiger partial charge in [-0.3, -0.25) is 10.1 Å². The van der Waals surface area contributed by atoms with Gasteiger partial charge in [-0.15, -0.1) is 0 Å². The van der Waals surface area contributed by atoms with E-state index >= 15 is 0 Å². The molecule has 6 heteroatoms. The van der Waals surface area contributed by atoms with Gasteiger partial charge in [0.05, 0.1) is 11.0 Å². The highest BCUT2D eigenvalue weighted by Crippen LogP contribution is 2.13. The molecular weight excluding hydrogens is 196 g/mol. The zero-order valence-electron chi connectivity index (χ0n) is 8.80. The minimum atomic E-state index is -0.432. The molecule has 0 saturated heterocycles. The van der Waals surface area contributed by atoms with Crippen molar-refractivity contribution in [3.05, 3.63) is 28.4 Å². The van der Waals surface area contributed by atoms with Gasteiger partial charge < -0.3 is 10.2 Å². The highest BCUT2D eigenvalue weighted by molar-refractivity contribution is 5.44. The number of aromatic nitrogens is 1. The maximum atomic E-state index is 10.5. The summed E-state index contributed by atoms with van der Waals surface area (Å²) in [6, 6.07) is 2.80. The standard InChI is InChI=1S/C9H14N4O2/c1-12(2)6-5-11-9-7-8(13(14)15)3-4-10-9/h3-4,7H,5-6H2,1-2H3,(H,10,11). The molecule has 0 amide bonds. The number of anilines is 1. The Morgan fingerprint density at radius 1 is 1.60 bits per heavy atom. The molecule has 0 aliphatic heterocycles. The molecule has 0 aliphatic carbocycles. The first-order chi connectivity index (χ1) is 7.09. The molecule has 1 N–H and O–H groups in total. The van der Waals surface area contributed by atoms with Crippen LogP contribution < -0.4 is 5.32 Å². The fraction of sp³-hybridized carbons (Fsp3) is 0.444. The van der Waals surface area contributed by atoms with Crippen molar-refractivity contribution in [3.63, 3.8) is 0 Å². The average Bonchev–Trinajstić information content (AvgIpc) is 2.17. The second-order valence-electron chi connectivity index (χ2n) is 3.39. The SMILES string of the molecule is CN(C)CCNc1cc([N+](=O)[O-])ccn1. The van der Waals surface area contributed by atoms with Crippen molar-refractivity contribution < 1.29 is 4.92 Å². The lowest BCUT2D eigenvalue weighted by atomic mass is 10.4. The topological polar surface area (TPSA) is 71.3 Å². The molecule has 0 unspecified atom stereocenters. The zero-order chi connectivity index (χ0) is 11.3. The van der Waals surface area contributed by atoms with E-state index in [9.17, 15) is 10.1 Å². The van der Waals surface area contributed by atoms with E-state index in [1.54, 1.807) is 0 Å². The Balaban J connectivity index is 2.54. The van der Waals surface area contributed by atoms with Gasteiger partial charge in [0.25, 0.3) is 5.69 Å². The minimum Gasteiger partial charge on any atom is -0.369 e. The van der Waals surface area contributed by atoms with Crippen LogP contribution >= 0.6 is 0 Å². The highest BCUT2D eigenvalue weighted by atomic mass is 16.6. The summed E-state index contributed by atoms with van der Waals surface area (Å²) in [7, 11) is 3.92. The first-order valence-electron chi connectivity index (χ1n) is 4.58. The quantitative estimate of drug-likeness (QED) is 0.579. The molecule has 0 atom stereocenters. The van der Waals surface area contributed by atoms with E-state index in [4.69, 9.17) is 0 Å². The van der Waals surface area contributed by atoms with E-state index in [1.807, 2.05) is 19.0 Å². The number of likely N-dealkylation sites (N-methyl/N-ethyl adjacent to an activating group) is 1. The molecule has 0 saturated carbocycles. The van der Waals surface area contributed by atoms with Crippen LogP contribution in [0.2, 0.25) is 0 Å². The summed E-state index contributed by atoms with van der Waals surface area (Å²) >= 11 is 0. The Hall–Kier alpha value is -1.69. The van der Waals surface area contributed by atoms with E-state index < -0.39 is 4.92 Å². The number of hydrogen-bond donors (Lipinski definition) is 1. The number of rotatable bonds is 5. The second-order valence-corrected chi connectivity index (χ2v) is 3.39. The third kappa shape index (κ3) is 3.90. The predicted molar refractivity (Wildman–Crippen MR) is 57.9 cm³/mol. The lowest BCUT2D eigenvalue weighted by Crippen LogP contribution is -2.21. The summed E-state index contributed by atoms with van der Waals surface area (Å²) < 4.78 is 0. The van der Waals surface area contributed by atoms with Crippen LogP contribution in [0.3, 0.4) is 0 Å². The van der Waals surface area contributed by atoms with Crippen LogP contribution in [0.4, 0.5) is 11.5 Å². The van der Waals surface area contributed by atoms with Gasteiger partial charge in [-0.1, -0.05) is 0 Å². The zero-order valence-corrected chi connectivity index (χ0v) is 8.80. The summed E-state index contributed by atoms with van der Waals surface area (Å²) in [6.07, 6.45) is 1.43. The molecule has 0 aromatic carbocycles. The van der Waals surface area contributed by atoms with Crippen molar-refractivity contribution >= 4 is 11.5 Å². The van der Waals surface area contributed by atoms with E-state index in [2.05, 4.69) is 10.3 Å². The van der Waals surface area contributed by atoms with Crippen molar-refractivity contribution in [2.75, 3.05) is 32.5 Å². The summed E-state index contributed by atoms with van der Waals surface area (Å²) in [4.78, 5) is 16.0. The molecule has 0 spiro atoms. The average molecular weight is 210 g/mol. The van der Waals surface area contributed by atoms with Crippen molar-refractivity contribution in [3.8, 4) is 0 Å². The second kappa shape index (κ2) is 5.26. The highest BCUT2D eigenvalue weighted by Gasteiger charge is 2.05.